The summed E-state index contributed by atoms with van der Waals surface area (Å²) >= 11 is 0. The highest BCUT2D eigenvalue weighted by Crippen LogP contribution is 2.32. The number of halogens is 3. The van der Waals surface area contributed by atoms with Crippen LogP contribution in [0.3, 0.4) is 0 Å². The number of nitrogens with zero attached hydrogens (tertiary/aromatic N) is 2. The fourth-order valence-corrected chi connectivity index (χ4v) is 2.49. The summed E-state index contributed by atoms with van der Waals surface area (Å²) in [7, 11) is 0. The Kier molecular flexibility index (Phi) is 5.92. The van der Waals surface area contributed by atoms with E-state index in [2.05, 4.69) is 21.9 Å². The van der Waals surface area contributed by atoms with E-state index in [1.807, 2.05) is 0 Å². The molecule has 3 aromatic rings. The molecule has 3 rings (SSSR count). The zero-order valence-corrected chi connectivity index (χ0v) is 15.1. The Morgan fingerprint density at radius 1 is 1.10 bits per heavy atom. The van der Waals surface area contributed by atoms with Crippen LogP contribution in [-0.2, 0) is 17.6 Å². The Bertz CT molecular complexity index is 1000. The highest BCUT2D eigenvalue weighted by Gasteiger charge is 2.29. The van der Waals surface area contributed by atoms with E-state index in [0.717, 1.165) is 18.2 Å². The monoisotopic (exact) mass is 399 g/mol. The van der Waals surface area contributed by atoms with Crippen molar-refractivity contribution in [1.29, 1.82) is 0 Å². The maximum Gasteiger partial charge on any atom is 0.416 e. The van der Waals surface area contributed by atoms with E-state index in [1.54, 1.807) is 36.7 Å². The molecule has 5 nitrogen and oxygen atoms in total. The first-order valence-electron chi connectivity index (χ1n) is 8.50. The molecule has 0 aliphatic carbocycles. The first-order chi connectivity index (χ1) is 13.9. The third-order valence-corrected chi connectivity index (χ3v) is 3.91. The minimum absolute atomic E-state index is 0.0519. The van der Waals surface area contributed by atoms with Crippen LogP contribution < -0.4 is 10.1 Å². The minimum Gasteiger partial charge on any atom is -0.488 e. The number of amides is 1. The second kappa shape index (κ2) is 8.55. The third kappa shape index (κ3) is 5.19. The van der Waals surface area contributed by atoms with Crippen LogP contribution in [0.2, 0.25) is 0 Å². The van der Waals surface area contributed by atoms with Gasteiger partial charge in [0.15, 0.2) is 5.82 Å². The number of anilines is 1. The summed E-state index contributed by atoms with van der Waals surface area (Å²) in [5.41, 5.74) is 0.877. The summed E-state index contributed by atoms with van der Waals surface area (Å²) < 4.78 is 43.8. The summed E-state index contributed by atoms with van der Waals surface area (Å²) in [6.07, 6.45) is -0.107. The van der Waals surface area contributed by atoms with Crippen LogP contribution in [0.5, 0.6) is 5.75 Å². The largest absolute Gasteiger partial charge is 0.488 e. The molecule has 0 atom stereocenters. The molecule has 1 amide bonds. The van der Waals surface area contributed by atoms with Gasteiger partial charge in [0, 0.05) is 18.1 Å². The average molecular weight is 399 g/mol. The number of hydrogen-bond acceptors (Lipinski definition) is 4. The van der Waals surface area contributed by atoms with Gasteiger partial charge in [-0.2, -0.15) is 13.2 Å². The lowest BCUT2D eigenvalue weighted by atomic mass is 10.1. The van der Waals surface area contributed by atoms with Gasteiger partial charge in [0.1, 0.15) is 12.4 Å². The van der Waals surface area contributed by atoms with Crippen LogP contribution in [0.25, 0.3) is 11.4 Å². The maximum atomic E-state index is 12.7. The van der Waals surface area contributed by atoms with Crippen molar-refractivity contribution < 1.29 is 22.7 Å². The normalized spacial score (nSPS) is 11.0. The van der Waals surface area contributed by atoms with Gasteiger partial charge in [-0.05, 0) is 48.0 Å². The van der Waals surface area contributed by atoms with Gasteiger partial charge in [0.2, 0.25) is 5.91 Å². The van der Waals surface area contributed by atoms with Crippen molar-refractivity contribution in [3.63, 3.8) is 0 Å². The number of benzene rings is 2. The van der Waals surface area contributed by atoms with Gasteiger partial charge in [-0.1, -0.05) is 18.7 Å². The number of ether oxygens (including phenoxy) is 1. The summed E-state index contributed by atoms with van der Waals surface area (Å²) in [5, 5.41) is 2.65. The summed E-state index contributed by atoms with van der Waals surface area (Å²) in [4.78, 5) is 19.9. The SMILES string of the molecule is C=CC(=O)Nc1ccc(OCc2ccc(C(F)(F)F)cc2)c(-c2ncccn2)c1. The van der Waals surface area contributed by atoms with E-state index in [-0.39, 0.29) is 12.5 Å². The fraction of sp³-hybridized carbons (Fsp3) is 0.0952. The van der Waals surface area contributed by atoms with Crippen LogP contribution in [0.4, 0.5) is 18.9 Å². The van der Waals surface area contributed by atoms with Crippen molar-refractivity contribution in [1.82, 2.24) is 9.97 Å². The first-order valence-corrected chi connectivity index (χ1v) is 8.50. The Morgan fingerprint density at radius 3 is 2.41 bits per heavy atom. The molecule has 0 aliphatic heterocycles. The van der Waals surface area contributed by atoms with E-state index < -0.39 is 11.7 Å². The Hall–Kier alpha value is -3.68. The van der Waals surface area contributed by atoms with Gasteiger partial charge in [0.25, 0.3) is 0 Å². The number of carbonyl (C=O) groups is 1. The van der Waals surface area contributed by atoms with E-state index in [0.29, 0.717) is 28.4 Å². The van der Waals surface area contributed by atoms with E-state index >= 15 is 0 Å². The van der Waals surface area contributed by atoms with Gasteiger partial charge in [-0.15, -0.1) is 0 Å². The molecule has 0 radical (unpaired) electrons. The predicted molar refractivity (Wildman–Crippen MR) is 102 cm³/mol. The molecule has 1 heterocycles. The molecule has 29 heavy (non-hydrogen) atoms. The van der Waals surface area contributed by atoms with Crippen molar-refractivity contribution in [2.75, 3.05) is 5.32 Å². The minimum atomic E-state index is -4.39. The quantitative estimate of drug-likeness (QED) is 0.601. The molecule has 0 unspecified atom stereocenters. The van der Waals surface area contributed by atoms with Crippen molar-refractivity contribution in [2.45, 2.75) is 12.8 Å². The number of carbonyl (C=O) groups excluding carboxylic acids is 1. The van der Waals surface area contributed by atoms with E-state index in [1.165, 1.54) is 12.1 Å². The lowest BCUT2D eigenvalue weighted by molar-refractivity contribution is -0.137. The fourth-order valence-electron chi connectivity index (χ4n) is 2.49. The number of rotatable bonds is 6. The molecule has 0 bridgehead atoms. The van der Waals surface area contributed by atoms with Crippen LogP contribution in [0, 0.1) is 0 Å². The molecular formula is C21H16F3N3O2. The second-order valence-electron chi connectivity index (χ2n) is 5.96. The van der Waals surface area contributed by atoms with Gasteiger partial charge < -0.3 is 10.1 Å². The zero-order chi connectivity index (χ0) is 20.9. The van der Waals surface area contributed by atoms with E-state index in [4.69, 9.17) is 4.74 Å². The summed E-state index contributed by atoms with van der Waals surface area (Å²) in [6, 6.07) is 11.3. The lowest BCUT2D eigenvalue weighted by Gasteiger charge is -2.13. The van der Waals surface area contributed by atoms with Crippen molar-refractivity contribution in [3.8, 4) is 17.1 Å². The van der Waals surface area contributed by atoms with E-state index in [9.17, 15) is 18.0 Å². The standard InChI is InChI=1S/C21H16F3N3O2/c1-2-19(28)27-16-8-9-18(17(12-16)20-25-10-3-11-26-20)29-13-14-4-6-15(7-5-14)21(22,23)24/h2-12H,1,13H2,(H,27,28). The second-order valence-corrected chi connectivity index (χ2v) is 5.96. The molecule has 148 valence electrons. The molecule has 1 aromatic heterocycles. The molecule has 0 spiro atoms. The molecule has 0 aliphatic rings. The Labute approximate surface area is 164 Å². The van der Waals surface area contributed by atoms with Crippen molar-refractivity contribution in [2.24, 2.45) is 0 Å². The summed E-state index contributed by atoms with van der Waals surface area (Å²) in [6.45, 7) is 3.46. The maximum absolute atomic E-state index is 12.7. The molecule has 8 heteroatoms. The predicted octanol–water partition coefficient (Wildman–Crippen LogP) is 4.87. The highest BCUT2D eigenvalue weighted by molar-refractivity contribution is 5.99. The average Bonchev–Trinajstić information content (AvgIpc) is 2.73. The van der Waals surface area contributed by atoms with Gasteiger partial charge >= 0.3 is 6.18 Å². The Morgan fingerprint density at radius 2 is 1.79 bits per heavy atom. The zero-order valence-electron chi connectivity index (χ0n) is 15.1. The van der Waals surface area contributed by atoms with Crippen LogP contribution in [0.1, 0.15) is 11.1 Å². The topological polar surface area (TPSA) is 64.1 Å². The number of hydrogen-bond donors (Lipinski definition) is 1. The highest BCUT2D eigenvalue weighted by atomic mass is 19.4. The Balaban J connectivity index is 1.84. The van der Waals surface area contributed by atoms with Crippen LogP contribution in [0.15, 0.2) is 73.6 Å². The molecular weight excluding hydrogens is 383 g/mol. The molecule has 0 fully saturated rings. The van der Waals surface area contributed by atoms with Crippen LogP contribution >= 0.6 is 0 Å². The molecule has 1 N–H and O–H groups in total. The van der Waals surface area contributed by atoms with Crippen molar-refractivity contribution >= 4 is 11.6 Å². The first kappa shape index (κ1) is 20.1. The van der Waals surface area contributed by atoms with Gasteiger partial charge in [0.05, 0.1) is 11.1 Å². The lowest BCUT2D eigenvalue weighted by Crippen LogP contribution is -2.08. The smallest absolute Gasteiger partial charge is 0.416 e. The number of alkyl halides is 3. The molecule has 2 aromatic carbocycles. The van der Waals surface area contributed by atoms with Crippen molar-refractivity contribution in [3.05, 3.63) is 84.7 Å². The third-order valence-electron chi connectivity index (χ3n) is 3.91. The molecule has 0 saturated heterocycles. The van der Waals surface area contributed by atoms with Gasteiger partial charge in [-0.3, -0.25) is 4.79 Å². The number of nitrogens with one attached hydrogen (secondary N) is 1. The van der Waals surface area contributed by atoms with Gasteiger partial charge in [-0.25, -0.2) is 9.97 Å². The summed E-state index contributed by atoms with van der Waals surface area (Å²) in [5.74, 6) is 0.431. The molecule has 0 saturated carbocycles. The van der Waals surface area contributed by atoms with Crippen LogP contribution in [-0.4, -0.2) is 15.9 Å². The number of aromatic nitrogens is 2.